The number of benzene rings is 1. The van der Waals surface area contributed by atoms with E-state index < -0.39 is 22.3 Å². The van der Waals surface area contributed by atoms with E-state index in [1.165, 1.54) is 22.7 Å². The largest absolute Gasteiger partial charge is 0.277 e. The third kappa shape index (κ3) is 4.05. The van der Waals surface area contributed by atoms with Crippen LogP contribution in [0.15, 0.2) is 24.3 Å². The van der Waals surface area contributed by atoms with Crippen molar-refractivity contribution in [3.05, 3.63) is 24.3 Å². The number of nitrogens with zero attached hydrogens (tertiary/aromatic N) is 2. The Bertz CT molecular complexity index is 438. The van der Waals surface area contributed by atoms with Gasteiger partial charge in [0.05, 0.1) is 18.5 Å². The van der Waals surface area contributed by atoms with Crippen molar-refractivity contribution in [3.8, 4) is 0 Å². The van der Waals surface area contributed by atoms with Crippen LogP contribution in [0.25, 0.3) is 0 Å². The summed E-state index contributed by atoms with van der Waals surface area (Å²) in [6.45, 7) is 0. The number of hydrogen-bond acceptors (Lipinski definition) is 5. The summed E-state index contributed by atoms with van der Waals surface area (Å²) < 4.78 is 33.5. The van der Waals surface area contributed by atoms with Crippen LogP contribution in [0.4, 0.5) is 11.4 Å². The van der Waals surface area contributed by atoms with E-state index in [4.69, 9.17) is 8.47 Å². The molecule has 0 saturated heterocycles. The van der Waals surface area contributed by atoms with Crippen molar-refractivity contribution >= 4 is 33.7 Å². The van der Waals surface area contributed by atoms with Gasteiger partial charge in [-0.3, -0.25) is 8.49 Å². The third-order valence-electron chi connectivity index (χ3n) is 2.16. The molecule has 2 atom stereocenters. The van der Waals surface area contributed by atoms with Crippen molar-refractivity contribution in [3.63, 3.8) is 0 Å². The van der Waals surface area contributed by atoms with Crippen LogP contribution >= 0.6 is 0 Å². The van der Waals surface area contributed by atoms with Crippen LogP contribution in [0.5, 0.6) is 0 Å². The molecule has 0 fully saturated rings. The quantitative estimate of drug-likeness (QED) is 0.732. The maximum atomic E-state index is 11.4. The summed E-state index contributed by atoms with van der Waals surface area (Å²) in [5.41, 5.74) is 1.48. The predicted molar refractivity (Wildman–Crippen MR) is 73.6 cm³/mol. The minimum atomic E-state index is -1.51. The van der Waals surface area contributed by atoms with Crippen molar-refractivity contribution in [1.29, 1.82) is 0 Å². The number of hydroxylamine groups is 1. The van der Waals surface area contributed by atoms with Gasteiger partial charge >= 0.3 is 0 Å². The average Bonchev–Trinajstić information content (AvgIpc) is 2.36. The van der Waals surface area contributed by atoms with Gasteiger partial charge in [-0.1, -0.05) is 0 Å². The zero-order valence-corrected chi connectivity index (χ0v) is 12.3. The normalized spacial score (nSPS) is 14.0. The number of rotatable bonds is 6. The van der Waals surface area contributed by atoms with Crippen LogP contribution in [-0.2, 0) is 30.8 Å². The van der Waals surface area contributed by atoms with E-state index in [0.29, 0.717) is 0 Å². The smallest absolute Gasteiger partial charge is 0.263 e. The molecular formula is C10H16N2O4S2. The Kier molecular flexibility index (Phi) is 5.73. The second-order valence-electron chi connectivity index (χ2n) is 3.37. The summed E-state index contributed by atoms with van der Waals surface area (Å²) in [6.07, 6.45) is 1.44. The van der Waals surface area contributed by atoms with Gasteiger partial charge in [0.25, 0.3) is 11.3 Å². The Hall–Kier alpha value is -0.960. The van der Waals surface area contributed by atoms with Gasteiger partial charge in [0.1, 0.15) is 0 Å². The monoisotopic (exact) mass is 292 g/mol. The Morgan fingerprint density at radius 2 is 1.56 bits per heavy atom. The van der Waals surface area contributed by atoms with Crippen molar-refractivity contribution in [2.75, 3.05) is 36.8 Å². The number of anilines is 2. The molecule has 0 bridgehead atoms. The van der Waals surface area contributed by atoms with Crippen LogP contribution in [0.3, 0.4) is 0 Å². The molecule has 8 heteroatoms. The Balaban J connectivity index is 2.79. The zero-order chi connectivity index (χ0) is 13.7. The zero-order valence-electron chi connectivity index (χ0n) is 10.7. The van der Waals surface area contributed by atoms with Gasteiger partial charge < -0.3 is 0 Å². The summed E-state index contributed by atoms with van der Waals surface area (Å²) >= 11 is -2.88. The molecule has 1 rings (SSSR count). The second-order valence-corrected chi connectivity index (χ2v) is 5.64. The molecule has 0 amide bonds. The molecule has 2 unspecified atom stereocenters. The maximum absolute atomic E-state index is 11.4. The summed E-state index contributed by atoms with van der Waals surface area (Å²) in [7, 11) is 4.70. The molecule has 6 nitrogen and oxygen atoms in total. The lowest BCUT2D eigenvalue weighted by Crippen LogP contribution is -2.21. The van der Waals surface area contributed by atoms with Crippen LogP contribution in [-0.4, -0.2) is 35.9 Å². The molecule has 0 spiro atoms. The minimum Gasteiger partial charge on any atom is -0.277 e. The third-order valence-corrected chi connectivity index (χ3v) is 3.54. The van der Waals surface area contributed by atoms with E-state index in [1.54, 1.807) is 38.4 Å². The molecule has 0 N–H and O–H groups in total. The predicted octanol–water partition coefficient (Wildman–Crippen LogP) is 1.01. The minimum absolute atomic E-state index is 0.741. The topological polar surface area (TPSA) is 59.1 Å². The molecule has 1 aromatic carbocycles. The molecule has 1 aromatic rings. The highest BCUT2D eigenvalue weighted by Crippen LogP contribution is 2.20. The van der Waals surface area contributed by atoms with Crippen molar-refractivity contribution < 1.29 is 16.9 Å². The molecule has 0 heterocycles. The first kappa shape index (κ1) is 15.1. The van der Waals surface area contributed by atoms with Gasteiger partial charge in [0, 0.05) is 20.4 Å². The van der Waals surface area contributed by atoms with Gasteiger partial charge in [-0.2, -0.15) is 4.28 Å². The van der Waals surface area contributed by atoms with E-state index >= 15 is 0 Å². The highest BCUT2D eigenvalue weighted by atomic mass is 32.2. The molecule has 102 valence electrons. The average molecular weight is 292 g/mol. The molecule has 0 aromatic heterocycles. The fraction of sp³-hybridized carbons (Fsp3) is 0.400. The molecule has 0 radical (unpaired) electrons. The van der Waals surface area contributed by atoms with E-state index in [2.05, 4.69) is 0 Å². The number of hydrogen-bond donors (Lipinski definition) is 0. The molecule has 0 aliphatic heterocycles. The lowest BCUT2D eigenvalue weighted by molar-refractivity contribution is 0.336. The first-order valence-electron chi connectivity index (χ1n) is 5.01. The lowest BCUT2D eigenvalue weighted by Gasteiger charge is -2.19. The fourth-order valence-electron chi connectivity index (χ4n) is 1.27. The first-order valence-corrected chi connectivity index (χ1v) is 7.53. The highest BCUT2D eigenvalue weighted by molar-refractivity contribution is 7.81. The molecule has 0 aliphatic rings. The van der Waals surface area contributed by atoms with Gasteiger partial charge in [0.2, 0.25) is 0 Å². The van der Waals surface area contributed by atoms with Crippen LogP contribution < -0.4 is 9.37 Å². The maximum Gasteiger partial charge on any atom is 0.263 e. The Labute approximate surface area is 112 Å². The Morgan fingerprint density at radius 3 is 2.00 bits per heavy atom. The van der Waals surface area contributed by atoms with Crippen LogP contribution in [0.1, 0.15) is 0 Å². The van der Waals surface area contributed by atoms with E-state index in [0.717, 1.165) is 11.4 Å². The summed E-state index contributed by atoms with van der Waals surface area (Å²) in [4.78, 5) is 0. The standard InChI is InChI=1S/C10H16N2O4S2/c1-11(16-17(4)13)9-5-7-10(8-6-9)12(2)18(14)15-3/h5-8H,1-4H3. The SMILES string of the molecule is COS(=O)N(C)c1ccc(N(C)OS(C)=O)cc1. The lowest BCUT2D eigenvalue weighted by atomic mass is 10.3. The summed E-state index contributed by atoms with van der Waals surface area (Å²) in [6, 6.07) is 7.08. The highest BCUT2D eigenvalue weighted by Gasteiger charge is 2.09. The van der Waals surface area contributed by atoms with Crippen molar-refractivity contribution in [2.24, 2.45) is 0 Å². The van der Waals surface area contributed by atoms with Crippen LogP contribution in [0.2, 0.25) is 0 Å². The van der Waals surface area contributed by atoms with Crippen LogP contribution in [0, 0.1) is 0 Å². The molecule has 0 aliphatic carbocycles. The van der Waals surface area contributed by atoms with E-state index in [9.17, 15) is 8.42 Å². The molecule has 18 heavy (non-hydrogen) atoms. The summed E-state index contributed by atoms with van der Waals surface area (Å²) in [5, 5.41) is 1.41. The van der Waals surface area contributed by atoms with Crippen molar-refractivity contribution in [2.45, 2.75) is 0 Å². The summed E-state index contributed by atoms with van der Waals surface area (Å²) in [5.74, 6) is 0. The Morgan fingerprint density at radius 1 is 1.06 bits per heavy atom. The fourth-order valence-corrected chi connectivity index (χ4v) is 2.19. The first-order chi connectivity index (χ1) is 8.45. The van der Waals surface area contributed by atoms with Gasteiger partial charge in [-0.05, 0) is 24.3 Å². The van der Waals surface area contributed by atoms with Gasteiger partial charge in [-0.25, -0.2) is 13.5 Å². The van der Waals surface area contributed by atoms with E-state index in [1.807, 2.05) is 0 Å². The van der Waals surface area contributed by atoms with Crippen molar-refractivity contribution in [1.82, 2.24) is 0 Å². The van der Waals surface area contributed by atoms with E-state index in [-0.39, 0.29) is 0 Å². The molecular weight excluding hydrogens is 276 g/mol. The second kappa shape index (κ2) is 6.83. The van der Waals surface area contributed by atoms with Gasteiger partial charge in [0.15, 0.2) is 11.1 Å². The van der Waals surface area contributed by atoms with Gasteiger partial charge in [-0.15, -0.1) is 0 Å². The molecule has 0 saturated carbocycles.